The summed E-state index contributed by atoms with van der Waals surface area (Å²) in [7, 11) is 0. The van der Waals surface area contributed by atoms with Gasteiger partial charge in [-0.05, 0) is 35.6 Å². The van der Waals surface area contributed by atoms with E-state index in [2.05, 4.69) is 30.0 Å². The molecule has 1 amide bonds. The van der Waals surface area contributed by atoms with E-state index < -0.39 is 0 Å². The minimum atomic E-state index is 0.188. The van der Waals surface area contributed by atoms with Crippen LogP contribution in [0.25, 0.3) is 10.8 Å². The second-order valence-electron chi connectivity index (χ2n) is 7.78. The molecular formula is C22H28N2O. The molecular weight excluding hydrogens is 308 g/mol. The number of rotatable bonds is 2. The van der Waals surface area contributed by atoms with Crippen LogP contribution in [-0.4, -0.2) is 47.9 Å². The standard InChI is InChI=1S/C22H28N2O/c1-17-6-4-9-19(16-17)23-12-14-24(15-13-23)22(25)21-11-5-8-18-7-2-3-10-20(18)21/h2-3,5,7-8,10-11,17,19H,4,6,9,12-16H2,1H3/t17-,19-/m0/s1. The molecule has 3 nitrogen and oxygen atoms in total. The number of piperazine rings is 1. The first-order valence-corrected chi connectivity index (χ1v) is 9.73. The van der Waals surface area contributed by atoms with Crippen molar-refractivity contribution in [3.05, 3.63) is 48.0 Å². The van der Waals surface area contributed by atoms with E-state index in [-0.39, 0.29) is 5.91 Å². The molecule has 1 heterocycles. The first-order valence-electron chi connectivity index (χ1n) is 9.73. The molecule has 0 bridgehead atoms. The summed E-state index contributed by atoms with van der Waals surface area (Å²) >= 11 is 0. The molecule has 1 aliphatic carbocycles. The lowest BCUT2D eigenvalue weighted by molar-refractivity contribution is 0.0490. The Kier molecular flexibility index (Phi) is 4.76. The largest absolute Gasteiger partial charge is 0.336 e. The van der Waals surface area contributed by atoms with Crippen LogP contribution in [0.5, 0.6) is 0 Å². The maximum atomic E-state index is 13.1. The van der Waals surface area contributed by atoms with Gasteiger partial charge < -0.3 is 4.90 Å². The molecule has 2 aromatic carbocycles. The van der Waals surface area contributed by atoms with Gasteiger partial charge in [0, 0.05) is 37.8 Å². The highest BCUT2D eigenvalue weighted by molar-refractivity contribution is 6.07. The minimum Gasteiger partial charge on any atom is -0.336 e. The van der Waals surface area contributed by atoms with Crippen molar-refractivity contribution in [1.82, 2.24) is 9.80 Å². The normalized spacial score (nSPS) is 25.2. The van der Waals surface area contributed by atoms with Crippen LogP contribution in [-0.2, 0) is 0 Å². The van der Waals surface area contributed by atoms with E-state index in [9.17, 15) is 4.79 Å². The summed E-state index contributed by atoms with van der Waals surface area (Å²) in [6.45, 7) is 6.13. The molecule has 0 unspecified atom stereocenters. The molecule has 2 atom stereocenters. The number of nitrogens with zero attached hydrogens (tertiary/aromatic N) is 2. The Morgan fingerprint density at radius 1 is 0.960 bits per heavy atom. The monoisotopic (exact) mass is 336 g/mol. The third-order valence-corrected chi connectivity index (χ3v) is 6.05. The summed E-state index contributed by atoms with van der Waals surface area (Å²) in [4.78, 5) is 17.7. The number of hydrogen-bond acceptors (Lipinski definition) is 2. The second-order valence-corrected chi connectivity index (χ2v) is 7.78. The van der Waals surface area contributed by atoms with E-state index in [1.165, 1.54) is 25.7 Å². The van der Waals surface area contributed by atoms with E-state index in [0.29, 0.717) is 0 Å². The predicted octanol–water partition coefficient (Wildman–Crippen LogP) is 4.18. The van der Waals surface area contributed by atoms with E-state index in [1.54, 1.807) is 0 Å². The molecule has 0 N–H and O–H groups in total. The van der Waals surface area contributed by atoms with Gasteiger partial charge in [0.1, 0.15) is 0 Å². The fourth-order valence-electron chi connectivity index (χ4n) is 4.61. The minimum absolute atomic E-state index is 0.188. The van der Waals surface area contributed by atoms with Crippen LogP contribution in [0.2, 0.25) is 0 Å². The summed E-state index contributed by atoms with van der Waals surface area (Å²) in [5, 5.41) is 2.21. The van der Waals surface area contributed by atoms with Gasteiger partial charge in [0.25, 0.3) is 5.91 Å². The fourth-order valence-corrected chi connectivity index (χ4v) is 4.61. The second kappa shape index (κ2) is 7.17. The van der Waals surface area contributed by atoms with Gasteiger partial charge in [-0.15, -0.1) is 0 Å². The lowest BCUT2D eigenvalue weighted by atomic mass is 9.86. The summed E-state index contributed by atoms with van der Waals surface area (Å²) < 4.78 is 0. The van der Waals surface area contributed by atoms with Crippen molar-refractivity contribution in [2.24, 2.45) is 5.92 Å². The van der Waals surface area contributed by atoms with E-state index in [1.807, 2.05) is 29.2 Å². The zero-order chi connectivity index (χ0) is 17.2. The first kappa shape index (κ1) is 16.6. The lowest BCUT2D eigenvalue weighted by Gasteiger charge is -2.42. The molecule has 1 saturated heterocycles. The van der Waals surface area contributed by atoms with Gasteiger partial charge >= 0.3 is 0 Å². The summed E-state index contributed by atoms with van der Waals surface area (Å²) in [5.41, 5.74) is 0.845. The van der Waals surface area contributed by atoms with Gasteiger partial charge in [-0.2, -0.15) is 0 Å². The molecule has 2 fully saturated rings. The van der Waals surface area contributed by atoms with Gasteiger partial charge in [-0.25, -0.2) is 0 Å². The number of fused-ring (bicyclic) bond motifs is 1. The molecule has 0 spiro atoms. The van der Waals surface area contributed by atoms with Crippen molar-refractivity contribution in [3.8, 4) is 0 Å². The van der Waals surface area contributed by atoms with Crippen LogP contribution in [0.4, 0.5) is 0 Å². The Morgan fingerprint density at radius 2 is 1.72 bits per heavy atom. The maximum Gasteiger partial charge on any atom is 0.254 e. The zero-order valence-electron chi connectivity index (χ0n) is 15.2. The average molecular weight is 336 g/mol. The Morgan fingerprint density at radius 3 is 2.52 bits per heavy atom. The molecule has 2 aliphatic rings. The topological polar surface area (TPSA) is 23.6 Å². The van der Waals surface area contributed by atoms with Crippen molar-refractivity contribution >= 4 is 16.7 Å². The molecule has 0 aromatic heterocycles. The third-order valence-electron chi connectivity index (χ3n) is 6.05. The predicted molar refractivity (Wildman–Crippen MR) is 103 cm³/mol. The van der Waals surface area contributed by atoms with E-state index >= 15 is 0 Å². The molecule has 1 aliphatic heterocycles. The van der Waals surface area contributed by atoms with Crippen molar-refractivity contribution in [2.45, 2.75) is 38.6 Å². The summed E-state index contributed by atoms with van der Waals surface area (Å²) in [6, 6.07) is 15.0. The quantitative estimate of drug-likeness (QED) is 0.821. The Bertz CT molecular complexity index is 743. The fraction of sp³-hybridized carbons (Fsp3) is 0.500. The molecule has 132 valence electrons. The first-order chi connectivity index (χ1) is 12.2. The van der Waals surface area contributed by atoms with Crippen LogP contribution in [0.3, 0.4) is 0 Å². The van der Waals surface area contributed by atoms with Crippen LogP contribution in [0.15, 0.2) is 42.5 Å². The SMILES string of the molecule is C[C@H]1CCC[C@H](N2CCN(C(=O)c3cccc4ccccc34)CC2)C1. The number of benzene rings is 2. The average Bonchev–Trinajstić information content (AvgIpc) is 2.67. The van der Waals surface area contributed by atoms with Gasteiger partial charge in [-0.3, -0.25) is 9.69 Å². The van der Waals surface area contributed by atoms with Crippen LogP contribution in [0.1, 0.15) is 43.0 Å². The molecule has 3 heteroatoms. The Balaban J connectivity index is 1.44. The Hall–Kier alpha value is -1.87. The van der Waals surface area contributed by atoms with Gasteiger partial charge in [0.15, 0.2) is 0 Å². The van der Waals surface area contributed by atoms with Crippen molar-refractivity contribution in [2.75, 3.05) is 26.2 Å². The zero-order valence-corrected chi connectivity index (χ0v) is 15.2. The number of hydrogen-bond donors (Lipinski definition) is 0. The van der Waals surface area contributed by atoms with Crippen LogP contribution in [0, 0.1) is 5.92 Å². The van der Waals surface area contributed by atoms with Crippen LogP contribution < -0.4 is 0 Å². The molecule has 2 aromatic rings. The van der Waals surface area contributed by atoms with Crippen LogP contribution >= 0.6 is 0 Å². The highest BCUT2D eigenvalue weighted by Crippen LogP contribution is 2.28. The molecule has 0 radical (unpaired) electrons. The number of amides is 1. The van der Waals surface area contributed by atoms with Crippen molar-refractivity contribution < 1.29 is 4.79 Å². The molecule has 25 heavy (non-hydrogen) atoms. The van der Waals surface area contributed by atoms with Gasteiger partial charge in [0.05, 0.1) is 0 Å². The summed E-state index contributed by atoms with van der Waals surface area (Å²) in [5.74, 6) is 1.04. The highest BCUT2D eigenvalue weighted by atomic mass is 16.2. The highest BCUT2D eigenvalue weighted by Gasteiger charge is 2.29. The van der Waals surface area contributed by atoms with Crippen molar-refractivity contribution in [3.63, 3.8) is 0 Å². The number of carbonyl (C=O) groups is 1. The maximum absolute atomic E-state index is 13.1. The summed E-state index contributed by atoms with van der Waals surface area (Å²) in [6.07, 6.45) is 5.41. The smallest absolute Gasteiger partial charge is 0.254 e. The lowest BCUT2D eigenvalue weighted by Crippen LogP contribution is -2.52. The van der Waals surface area contributed by atoms with Crippen molar-refractivity contribution in [1.29, 1.82) is 0 Å². The Labute approximate surface area is 150 Å². The molecule has 4 rings (SSSR count). The van der Waals surface area contributed by atoms with Gasteiger partial charge in [-0.1, -0.05) is 56.2 Å². The third kappa shape index (κ3) is 3.43. The number of carbonyl (C=O) groups excluding carboxylic acids is 1. The van der Waals surface area contributed by atoms with E-state index in [0.717, 1.165) is 54.5 Å². The van der Waals surface area contributed by atoms with Gasteiger partial charge in [0.2, 0.25) is 0 Å². The van der Waals surface area contributed by atoms with E-state index in [4.69, 9.17) is 0 Å². The molecule has 1 saturated carbocycles.